The van der Waals surface area contributed by atoms with Crippen molar-refractivity contribution in [2.75, 3.05) is 6.54 Å². The van der Waals surface area contributed by atoms with E-state index < -0.39 is 0 Å². The highest BCUT2D eigenvalue weighted by molar-refractivity contribution is 5.92. The van der Waals surface area contributed by atoms with Crippen molar-refractivity contribution in [3.63, 3.8) is 0 Å². The largest absolute Gasteiger partial charge is 0.330 e. The lowest BCUT2D eigenvalue weighted by Gasteiger charge is -2.22. The van der Waals surface area contributed by atoms with Crippen molar-refractivity contribution in [2.24, 2.45) is 0 Å². The lowest BCUT2D eigenvalue weighted by Crippen LogP contribution is -2.32. The van der Waals surface area contributed by atoms with E-state index in [2.05, 4.69) is 16.2 Å². The predicted molar refractivity (Wildman–Crippen MR) is 91.2 cm³/mol. The van der Waals surface area contributed by atoms with Gasteiger partial charge in [0.05, 0.1) is 30.3 Å². The third-order valence-corrected chi connectivity index (χ3v) is 3.60. The Kier molecular flexibility index (Phi) is 5.35. The molecule has 0 aliphatic heterocycles. The average Bonchev–Trinajstić information content (AvgIpc) is 2.94. The smallest absolute Gasteiger partial charge is 0.274 e. The SMILES string of the molecule is Cc1cc(C(=O)N(CCC#N)Cc2ccccn2)nn1C(C)(C)C. The monoisotopic (exact) mass is 325 g/mol. The van der Waals surface area contributed by atoms with Gasteiger partial charge >= 0.3 is 0 Å². The third kappa shape index (κ3) is 4.19. The molecular weight excluding hydrogens is 302 g/mol. The third-order valence-electron chi connectivity index (χ3n) is 3.60. The van der Waals surface area contributed by atoms with E-state index >= 15 is 0 Å². The number of aromatic nitrogens is 3. The number of amides is 1. The van der Waals surface area contributed by atoms with E-state index in [1.807, 2.05) is 50.6 Å². The minimum absolute atomic E-state index is 0.179. The first kappa shape index (κ1) is 17.7. The Morgan fingerprint density at radius 3 is 2.67 bits per heavy atom. The van der Waals surface area contributed by atoms with E-state index in [0.717, 1.165) is 11.4 Å². The average molecular weight is 325 g/mol. The topological polar surface area (TPSA) is 74.8 Å². The predicted octanol–water partition coefficient (Wildman–Crippen LogP) is 2.90. The molecule has 2 aromatic rings. The fourth-order valence-electron chi connectivity index (χ4n) is 2.54. The van der Waals surface area contributed by atoms with Crippen LogP contribution in [0.3, 0.4) is 0 Å². The summed E-state index contributed by atoms with van der Waals surface area (Å²) in [6.07, 6.45) is 1.97. The molecule has 0 aliphatic carbocycles. The molecule has 6 heteroatoms. The fourth-order valence-corrected chi connectivity index (χ4v) is 2.54. The second-order valence-electron chi connectivity index (χ2n) is 6.71. The molecule has 1 amide bonds. The van der Waals surface area contributed by atoms with Gasteiger partial charge in [0.2, 0.25) is 0 Å². The first-order valence-corrected chi connectivity index (χ1v) is 7.96. The van der Waals surface area contributed by atoms with Crippen molar-refractivity contribution in [2.45, 2.75) is 46.2 Å². The molecule has 0 fully saturated rings. The Bertz CT molecular complexity index is 737. The Morgan fingerprint density at radius 1 is 1.38 bits per heavy atom. The van der Waals surface area contributed by atoms with Gasteiger partial charge in [-0.05, 0) is 45.9 Å². The van der Waals surface area contributed by atoms with Crippen LogP contribution < -0.4 is 0 Å². The molecule has 0 unspecified atom stereocenters. The maximum absolute atomic E-state index is 12.9. The van der Waals surface area contributed by atoms with Gasteiger partial charge in [-0.3, -0.25) is 14.5 Å². The van der Waals surface area contributed by atoms with Crippen LogP contribution in [0.5, 0.6) is 0 Å². The fraction of sp³-hybridized carbons (Fsp3) is 0.444. The minimum atomic E-state index is -0.193. The molecule has 0 bridgehead atoms. The second kappa shape index (κ2) is 7.26. The summed E-state index contributed by atoms with van der Waals surface area (Å²) in [6.45, 7) is 8.79. The molecule has 0 saturated carbocycles. The van der Waals surface area contributed by atoms with Gasteiger partial charge in [-0.25, -0.2) is 0 Å². The van der Waals surface area contributed by atoms with Gasteiger partial charge in [-0.15, -0.1) is 0 Å². The number of nitrogens with zero attached hydrogens (tertiary/aromatic N) is 5. The highest BCUT2D eigenvalue weighted by Crippen LogP contribution is 2.18. The lowest BCUT2D eigenvalue weighted by molar-refractivity contribution is 0.0737. The molecule has 0 atom stereocenters. The number of rotatable bonds is 5. The summed E-state index contributed by atoms with van der Waals surface area (Å²) in [4.78, 5) is 18.7. The lowest BCUT2D eigenvalue weighted by atomic mass is 10.1. The molecule has 0 aromatic carbocycles. The molecule has 0 spiro atoms. The van der Waals surface area contributed by atoms with Crippen molar-refractivity contribution in [1.29, 1.82) is 5.26 Å². The number of pyridine rings is 1. The molecule has 2 aromatic heterocycles. The summed E-state index contributed by atoms with van der Waals surface area (Å²) in [7, 11) is 0. The number of carbonyl (C=O) groups is 1. The summed E-state index contributed by atoms with van der Waals surface area (Å²) in [5, 5.41) is 13.3. The van der Waals surface area contributed by atoms with Gasteiger partial charge in [0.15, 0.2) is 5.69 Å². The number of hydrogen-bond donors (Lipinski definition) is 0. The Labute approximate surface area is 142 Å². The van der Waals surface area contributed by atoms with E-state index in [4.69, 9.17) is 5.26 Å². The standard InChI is InChI=1S/C18H23N5O/c1-14-12-16(21-23(14)18(2,3)4)17(24)22(11-7-9-19)13-15-8-5-6-10-20-15/h5-6,8,10,12H,7,11,13H2,1-4H3. The summed E-state index contributed by atoms with van der Waals surface area (Å²) >= 11 is 0. The number of aryl methyl sites for hydroxylation is 1. The quantitative estimate of drug-likeness (QED) is 0.847. The molecule has 0 aliphatic rings. The zero-order chi connectivity index (χ0) is 17.7. The molecule has 126 valence electrons. The van der Waals surface area contributed by atoms with Crippen LogP contribution in [-0.4, -0.2) is 32.1 Å². The van der Waals surface area contributed by atoms with Gasteiger partial charge in [-0.2, -0.15) is 10.4 Å². The van der Waals surface area contributed by atoms with Gasteiger partial charge in [0.1, 0.15) is 0 Å². The van der Waals surface area contributed by atoms with E-state index in [1.54, 1.807) is 17.2 Å². The first-order chi connectivity index (χ1) is 11.3. The van der Waals surface area contributed by atoms with Crippen LogP contribution in [-0.2, 0) is 12.1 Å². The van der Waals surface area contributed by atoms with Crippen molar-refractivity contribution < 1.29 is 4.79 Å². The van der Waals surface area contributed by atoms with E-state index in [0.29, 0.717) is 18.8 Å². The molecule has 24 heavy (non-hydrogen) atoms. The van der Waals surface area contributed by atoms with Crippen LogP contribution in [0.25, 0.3) is 0 Å². The summed E-state index contributed by atoms with van der Waals surface area (Å²) in [6, 6.07) is 9.47. The Balaban J connectivity index is 2.26. The van der Waals surface area contributed by atoms with Gasteiger partial charge in [-0.1, -0.05) is 6.07 Å². The second-order valence-corrected chi connectivity index (χ2v) is 6.71. The number of hydrogen-bond acceptors (Lipinski definition) is 4. The molecule has 6 nitrogen and oxygen atoms in total. The van der Waals surface area contributed by atoms with Crippen LogP contribution in [0, 0.1) is 18.3 Å². The Hall–Kier alpha value is -2.68. The van der Waals surface area contributed by atoms with Crippen molar-refractivity contribution >= 4 is 5.91 Å². The molecule has 0 saturated heterocycles. The maximum Gasteiger partial charge on any atom is 0.274 e. The van der Waals surface area contributed by atoms with Crippen molar-refractivity contribution in [3.8, 4) is 6.07 Å². The van der Waals surface area contributed by atoms with Crippen LogP contribution in [0.1, 0.15) is 49.1 Å². The number of nitriles is 1. The molecule has 0 N–H and O–H groups in total. The Morgan fingerprint density at radius 2 is 2.12 bits per heavy atom. The van der Waals surface area contributed by atoms with Crippen LogP contribution >= 0.6 is 0 Å². The summed E-state index contributed by atoms with van der Waals surface area (Å²) in [5.74, 6) is -0.179. The minimum Gasteiger partial charge on any atom is -0.330 e. The van der Waals surface area contributed by atoms with E-state index in [-0.39, 0.29) is 17.9 Å². The van der Waals surface area contributed by atoms with Crippen LogP contribution in [0.2, 0.25) is 0 Å². The highest BCUT2D eigenvalue weighted by Gasteiger charge is 2.23. The number of carbonyl (C=O) groups excluding carboxylic acids is 1. The van der Waals surface area contributed by atoms with Gasteiger partial charge in [0.25, 0.3) is 5.91 Å². The zero-order valence-electron chi connectivity index (χ0n) is 14.7. The van der Waals surface area contributed by atoms with Crippen LogP contribution in [0.15, 0.2) is 30.5 Å². The molecule has 2 rings (SSSR count). The zero-order valence-corrected chi connectivity index (χ0v) is 14.7. The molecular formula is C18H23N5O. The van der Waals surface area contributed by atoms with Crippen molar-refractivity contribution in [1.82, 2.24) is 19.7 Å². The van der Waals surface area contributed by atoms with Gasteiger partial charge < -0.3 is 4.90 Å². The molecule has 2 heterocycles. The summed E-state index contributed by atoms with van der Waals surface area (Å²) in [5.41, 5.74) is 1.93. The maximum atomic E-state index is 12.9. The highest BCUT2D eigenvalue weighted by atomic mass is 16.2. The van der Waals surface area contributed by atoms with Crippen LogP contribution in [0.4, 0.5) is 0 Å². The molecule has 0 radical (unpaired) electrons. The van der Waals surface area contributed by atoms with E-state index in [9.17, 15) is 4.79 Å². The van der Waals surface area contributed by atoms with E-state index in [1.165, 1.54) is 0 Å². The summed E-state index contributed by atoms with van der Waals surface area (Å²) < 4.78 is 1.85. The first-order valence-electron chi connectivity index (χ1n) is 7.96. The van der Waals surface area contributed by atoms with Crippen molar-refractivity contribution in [3.05, 3.63) is 47.5 Å². The normalized spacial score (nSPS) is 11.1. The van der Waals surface area contributed by atoms with Gasteiger partial charge in [0, 0.05) is 18.4 Å².